The fraction of sp³-hybridized carbons (Fsp3) is 0.429. The minimum atomic E-state index is 0.140. The highest BCUT2D eigenvalue weighted by molar-refractivity contribution is 5.87. The zero-order valence-electron chi connectivity index (χ0n) is 16.4. The van der Waals surface area contributed by atoms with E-state index < -0.39 is 0 Å². The average Bonchev–Trinajstić information content (AvgIpc) is 2.68. The minimum absolute atomic E-state index is 0.140. The van der Waals surface area contributed by atoms with Crippen LogP contribution in [0.5, 0.6) is 0 Å². The second kappa shape index (κ2) is 8.39. The monoisotopic (exact) mass is 369 g/mol. The molecule has 0 bridgehead atoms. The van der Waals surface area contributed by atoms with Gasteiger partial charge in [-0.1, -0.05) is 30.3 Å². The maximum Gasteiger partial charge on any atom is 0.277 e. The number of benzene rings is 2. The van der Waals surface area contributed by atoms with Crippen molar-refractivity contribution in [2.75, 3.05) is 65.3 Å². The van der Waals surface area contributed by atoms with Crippen LogP contribution in [0.4, 0.5) is 5.69 Å². The zero-order chi connectivity index (χ0) is 19.4. The van der Waals surface area contributed by atoms with E-state index in [1.807, 2.05) is 29.0 Å². The van der Waals surface area contributed by atoms with Gasteiger partial charge in [0.15, 0.2) is 6.54 Å². The van der Waals surface area contributed by atoms with Crippen LogP contribution in [0, 0.1) is 0 Å². The smallest absolute Gasteiger partial charge is 0.277 e. The summed E-state index contributed by atoms with van der Waals surface area (Å²) in [6.07, 6.45) is 0. The average molecular weight is 369 g/mol. The van der Waals surface area contributed by atoms with Crippen LogP contribution < -0.4 is 9.80 Å². The number of carbonyl (C=O) groups is 2. The molecule has 0 saturated carbocycles. The molecule has 0 unspecified atom stereocenters. The molecular formula is C21H29N4O2+. The van der Waals surface area contributed by atoms with Crippen molar-refractivity contribution in [1.82, 2.24) is 9.80 Å². The molecule has 6 nitrogen and oxygen atoms in total. The molecule has 3 rings (SSSR count). The lowest BCUT2D eigenvalue weighted by Crippen LogP contribution is -3.15. The molecule has 144 valence electrons. The van der Waals surface area contributed by atoms with Gasteiger partial charge in [-0.2, -0.15) is 0 Å². The first-order valence-corrected chi connectivity index (χ1v) is 9.45. The Bertz CT molecular complexity index is 813. The number of anilines is 1. The van der Waals surface area contributed by atoms with Crippen molar-refractivity contribution in [3.63, 3.8) is 0 Å². The Balaban J connectivity index is 1.53. The maximum absolute atomic E-state index is 12.7. The summed E-state index contributed by atoms with van der Waals surface area (Å²) in [5, 5.41) is 2.38. The predicted molar refractivity (Wildman–Crippen MR) is 108 cm³/mol. The summed E-state index contributed by atoms with van der Waals surface area (Å²) >= 11 is 0. The Labute approximate surface area is 160 Å². The van der Waals surface area contributed by atoms with E-state index in [0.29, 0.717) is 26.2 Å². The van der Waals surface area contributed by atoms with E-state index in [0.717, 1.165) is 18.8 Å². The molecule has 1 aliphatic rings. The predicted octanol–water partition coefficient (Wildman–Crippen LogP) is 0.0913. The summed E-state index contributed by atoms with van der Waals surface area (Å²) in [4.78, 5) is 31.3. The number of amides is 2. The topological polar surface area (TPSA) is 48.3 Å². The van der Waals surface area contributed by atoms with Gasteiger partial charge in [0, 0.05) is 26.8 Å². The fourth-order valence-electron chi connectivity index (χ4n) is 3.43. The maximum atomic E-state index is 12.7. The standard InChI is InChI=1S/C21H28N4O2/c1-22(2)20(26)16-24-10-12-25(13-11-24)21(27)15-23(3)19-9-8-17-6-4-5-7-18(17)14-19/h4-9,14H,10-13,15-16H2,1-3H3/p+1. The van der Waals surface area contributed by atoms with Crippen molar-refractivity contribution in [3.8, 4) is 0 Å². The van der Waals surface area contributed by atoms with Gasteiger partial charge in [0.25, 0.3) is 5.91 Å². The molecule has 27 heavy (non-hydrogen) atoms. The lowest BCUT2D eigenvalue weighted by atomic mass is 10.1. The van der Waals surface area contributed by atoms with E-state index in [2.05, 4.69) is 30.3 Å². The van der Waals surface area contributed by atoms with Gasteiger partial charge in [-0.3, -0.25) is 9.59 Å². The molecule has 0 spiro atoms. The van der Waals surface area contributed by atoms with Gasteiger partial charge in [-0.05, 0) is 22.9 Å². The summed E-state index contributed by atoms with van der Waals surface area (Å²) in [6.45, 7) is 3.94. The quantitative estimate of drug-likeness (QED) is 0.813. The Hall–Kier alpha value is -2.60. The van der Waals surface area contributed by atoms with E-state index in [9.17, 15) is 9.59 Å². The lowest BCUT2D eigenvalue weighted by Gasteiger charge is -2.33. The van der Waals surface area contributed by atoms with E-state index >= 15 is 0 Å². The summed E-state index contributed by atoms with van der Waals surface area (Å²) < 4.78 is 0. The van der Waals surface area contributed by atoms with Crippen LogP contribution >= 0.6 is 0 Å². The minimum Gasteiger partial charge on any atom is -0.365 e. The highest BCUT2D eigenvalue weighted by Crippen LogP contribution is 2.21. The molecule has 1 N–H and O–H groups in total. The number of quaternary nitrogens is 1. The van der Waals surface area contributed by atoms with Crippen LogP contribution in [0.1, 0.15) is 0 Å². The molecule has 0 radical (unpaired) electrons. The van der Waals surface area contributed by atoms with E-state index in [1.54, 1.807) is 19.0 Å². The van der Waals surface area contributed by atoms with Crippen LogP contribution in [-0.2, 0) is 9.59 Å². The molecule has 0 aliphatic carbocycles. The zero-order valence-corrected chi connectivity index (χ0v) is 16.4. The summed E-state index contributed by atoms with van der Waals surface area (Å²) in [7, 11) is 5.52. The Morgan fingerprint density at radius 3 is 2.33 bits per heavy atom. The van der Waals surface area contributed by atoms with Crippen LogP contribution in [0.2, 0.25) is 0 Å². The Morgan fingerprint density at radius 1 is 1.00 bits per heavy atom. The lowest BCUT2D eigenvalue weighted by molar-refractivity contribution is -0.896. The summed E-state index contributed by atoms with van der Waals surface area (Å²) in [5.74, 6) is 0.282. The van der Waals surface area contributed by atoms with Gasteiger partial charge in [0.05, 0.1) is 32.7 Å². The molecule has 1 saturated heterocycles. The molecule has 0 atom stereocenters. The fourth-order valence-corrected chi connectivity index (χ4v) is 3.43. The number of rotatable bonds is 5. The molecule has 2 aromatic carbocycles. The highest BCUT2D eigenvalue weighted by atomic mass is 16.2. The first-order chi connectivity index (χ1) is 12.9. The molecule has 6 heteroatoms. The van der Waals surface area contributed by atoms with Crippen molar-refractivity contribution in [2.24, 2.45) is 0 Å². The van der Waals surface area contributed by atoms with Gasteiger partial charge in [-0.15, -0.1) is 0 Å². The van der Waals surface area contributed by atoms with Crippen molar-refractivity contribution < 1.29 is 14.5 Å². The van der Waals surface area contributed by atoms with Gasteiger partial charge in [-0.25, -0.2) is 0 Å². The van der Waals surface area contributed by atoms with Gasteiger partial charge in [0.2, 0.25) is 5.91 Å². The number of nitrogens with zero attached hydrogens (tertiary/aromatic N) is 3. The largest absolute Gasteiger partial charge is 0.365 e. The van der Waals surface area contributed by atoms with Crippen molar-refractivity contribution in [1.29, 1.82) is 0 Å². The number of hydrogen-bond donors (Lipinski definition) is 1. The second-order valence-electron chi connectivity index (χ2n) is 7.48. The van der Waals surface area contributed by atoms with Crippen LogP contribution in [0.25, 0.3) is 10.8 Å². The third-order valence-electron chi connectivity index (χ3n) is 5.27. The molecule has 2 aromatic rings. The van der Waals surface area contributed by atoms with Crippen LogP contribution in [-0.4, -0.2) is 82.0 Å². The number of carbonyl (C=O) groups excluding carboxylic acids is 2. The SMILES string of the molecule is CN(C)C(=O)C[NH+]1CCN(C(=O)CN(C)c2ccc3ccccc3c2)CC1. The molecule has 1 fully saturated rings. The van der Waals surface area contributed by atoms with Gasteiger partial charge < -0.3 is 19.6 Å². The molecule has 0 aromatic heterocycles. The van der Waals surface area contributed by atoms with Crippen molar-refractivity contribution in [2.45, 2.75) is 0 Å². The van der Waals surface area contributed by atoms with Crippen LogP contribution in [0.15, 0.2) is 42.5 Å². The van der Waals surface area contributed by atoms with Gasteiger partial charge in [0.1, 0.15) is 0 Å². The normalized spacial score (nSPS) is 15.0. The van der Waals surface area contributed by atoms with E-state index in [-0.39, 0.29) is 11.8 Å². The molecule has 1 heterocycles. The second-order valence-corrected chi connectivity index (χ2v) is 7.48. The Kier molecular flexibility index (Phi) is 5.96. The number of fused-ring (bicyclic) bond motifs is 1. The number of likely N-dealkylation sites (N-methyl/N-ethyl adjacent to an activating group) is 2. The summed E-state index contributed by atoms with van der Waals surface area (Å²) in [6, 6.07) is 14.5. The highest BCUT2D eigenvalue weighted by Gasteiger charge is 2.26. The van der Waals surface area contributed by atoms with Crippen molar-refractivity contribution in [3.05, 3.63) is 42.5 Å². The first kappa shape index (κ1) is 19.2. The molecule has 1 aliphatic heterocycles. The third-order valence-corrected chi connectivity index (χ3v) is 5.27. The third kappa shape index (κ3) is 4.77. The first-order valence-electron chi connectivity index (χ1n) is 9.45. The van der Waals surface area contributed by atoms with Crippen molar-refractivity contribution >= 4 is 28.3 Å². The van der Waals surface area contributed by atoms with Gasteiger partial charge >= 0.3 is 0 Å². The number of piperazine rings is 1. The number of hydrogen-bond acceptors (Lipinski definition) is 3. The number of nitrogens with one attached hydrogen (secondary N) is 1. The van der Waals surface area contributed by atoms with E-state index in [1.165, 1.54) is 15.7 Å². The molecule has 2 amide bonds. The van der Waals surface area contributed by atoms with Crippen LogP contribution in [0.3, 0.4) is 0 Å². The summed E-state index contributed by atoms with van der Waals surface area (Å²) in [5.41, 5.74) is 1.04. The molecular weight excluding hydrogens is 340 g/mol. The van der Waals surface area contributed by atoms with E-state index in [4.69, 9.17) is 0 Å². The Morgan fingerprint density at radius 2 is 1.67 bits per heavy atom.